The SMILES string of the molecule is c1ccc(-c2nc(-c3ccc4sc5ccccc5c4c3)nc(-c3cccc4c3sc3ccc(-c5cccc6c5sc5ccccc56)cc34)n2)cc1. The van der Waals surface area contributed by atoms with E-state index in [2.05, 4.69) is 133 Å². The van der Waals surface area contributed by atoms with Crippen LogP contribution in [0.25, 0.3) is 106 Å². The van der Waals surface area contributed by atoms with Gasteiger partial charge < -0.3 is 0 Å². The second-order valence-corrected chi connectivity index (χ2v) is 15.9. The first-order valence-corrected chi connectivity index (χ1v) is 19.3. The molecular weight excluding hydrogens is 679 g/mol. The normalized spacial score (nSPS) is 11.9. The zero-order chi connectivity index (χ0) is 33.5. The zero-order valence-electron chi connectivity index (χ0n) is 27.0. The van der Waals surface area contributed by atoms with E-state index in [1.807, 2.05) is 40.9 Å². The van der Waals surface area contributed by atoms with Crippen LogP contribution in [0.15, 0.2) is 152 Å². The van der Waals surface area contributed by atoms with Gasteiger partial charge in [0.15, 0.2) is 17.5 Å². The molecule has 0 aliphatic carbocycles. The van der Waals surface area contributed by atoms with Crippen LogP contribution >= 0.6 is 34.0 Å². The molecule has 238 valence electrons. The van der Waals surface area contributed by atoms with Gasteiger partial charge >= 0.3 is 0 Å². The molecule has 0 spiro atoms. The minimum absolute atomic E-state index is 0.669. The lowest BCUT2D eigenvalue weighted by Crippen LogP contribution is -2.00. The minimum Gasteiger partial charge on any atom is -0.208 e. The fraction of sp³-hybridized carbons (Fsp3) is 0. The number of rotatable bonds is 4. The van der Waals surface area contributed by atoms with Crippen LogP contribution in [-0.4, -0.2) is 15.0 Å². The van der Waals surface area contributed by atoms with E-state index in [9.17, 15) is 0 Å². The average Bonchev–Trinajstić information content (AvgIpc) is 3.89. The maximum Gasteiger partial charge on any atom is 0.165 e. The van der Waals surface area contributed by atoms with Crippen molar-refractivity contribution in [3.8, 4) is 45.3 Å². The van der Waals surface area contributed by atoms with Crippen LogP contribution in [0.2, 0.25) is 0 Å². The highest BCUT2D eigenvalue weighted by atomic mass is 32.1. The summed E-state index contributed by atoms with van der Waals surface area (Å²) in [5, 5.41) is 7.59. The van der Waals surface area contributed by atoms with Crippen molar-refractivity contribution in [1.29, 1.82) is 0 Å². The predicted octanol–water partition coefficient (Wildman–Crippen LogP) is 13.6. The molecule has 51 heavy (non-hydrogen) atoms. The van der Waals surface area contributed by atoms with Crippen LogP contribution in [0.1, 0.15) is 0 Å². The minimum atomic E-state index is 0.669. The van der Waals surface area contributed by atoms with Crippen molar-refractivity contribution in [2.45, 2.75) is 0 Å². The van der Waals surface area contributed by atoms with Crippen LogP contribution in [0.3, 0.4) is 0 Å². The quantitative estimate of drug-likeness (QED) is 0.183. The first-order chi connectivity index (χ1) is 25.2. The smallest absolute Gasteiger partial charge is 0.165 e. The Labute approximate surface area is 304 Å². The van der Waals surface area contributed by atoms with Gasteiger partial charge in [0.2, 0.25) is 0 Å². The maximum absolute atomic E-state index is 5.20. The van der Waals surface area contributed by atoms with Crippen LogP contribution in [0.5, 0.6) is 0 Å². The Morgan fingerprint density at radius 3 is 1.57 bits per heavy atom. The predicted molar refractivity (Wildman–Crippen MR) is 220 cm³/mol. The van der Waals surface area contributed by atoms with Crippen molar-refractivity contribution in [2.24, 2.45) is 0 Å². The van der Waals surface area contributed by atoms with E-state index in [-0.39, 0.29) is 0 Å². The Morgan fingerprint density at radius 1 is 0.294 bits per heavy atom. The lowest BCUT2D eigenvalue weighted by atomic mass is 10.00. The van der Waals surface area contributed by atoms with Crippen LogP contribution in [0, 0.1) is 0 Å². The molecule has 0 N–H and O–H groups in total. The number of hydrogen-bond donors (Lipinski definition) is 0. The van der Waals surface area contributed by atoms with Crippen molar-refractivity contribution < 1.29 is 0 Å². The Hall–Kier alpha value is -5.79. The molecule has 0 aliphatic rings. The number of hydrogen-bond acceptors (Lipinski definition) is 6. The molecule has 3 nitrogen and oxygen atoms in total. The van der Waals surface area contributed by atoms with Gasteiger partial charge in [0.1, 0.15) is 0 Å². The second-order valence-electron chi connectivity index (χ2n) is 12.8. The molecule has 6 heteroatoms. The zero-order valence-corrected chi connectivity index (χ0v) is 29.4. The van der Waals surface area contributed by atoms with E-state index >= 15 is 0 Å². The third-order valence-electron chi connectivity index (χ3n) is 9.76. The maximum atomic E-state index is 5.20. The van der Waals surface area contributed by atoms with Gasteiger partial charge in [0, 0.05) is 77.2 Å². The van der Waals surface area contributed by atoms with E-state index in [0.717, 1.165) is 16.7 Å². The molecular formula is C45H25N3S3. The van der Waals surface area contributed by atoms with Crippen molar-refractivity contribution >= 4 is 94.5 Å². The summed E-state index contributed by atoms with van der Waals surface area (Å²) in [5.74, 6) is 2.03. The molecule has 0 unspecified atom stereocenters. The molecule has 0 amide bonds. The Morgan fingerprint density at radius 2 is 0.784 bits per heavy atom. The highest BCUT2D eigenvalue weighted by molar-refractivity contribution is 7.27. The van der Waals surface area contributed by atoms with E-state index in [1.165, 1.54) is 71.6 Å². The van der Waals surface area contributed by atoms with Gasteiger partial charge in [-0.05, 0) is 59.7 Å². The number of nitrogens with zero attached hydrogens (tertiary/aromatic N) is 3. The molecule has 4 aromatic heterocycles. The van der Waals surface area contributed by atoms with Crippen LogP contribution in [-0.2, 0) is 0 Å². The molecule has 7 aromatic carbocycles. The summed E-state index contributed by atoms with van der Waals surface area (Å²) in [6.45, 7) is 0. The molecule has 0 bridgehead atoms. The van der Waals surface area contributed by atoms with E-state index in [0.29, 0.717) is 17.5 Å². The summed E-state index contributed by atoms with van der Waals surface area (Å²) in [7, 11) is 0. The Balaban J connectivity index is 1.09. The van der Waals surface area contributed by atoms with Crippen LogP contribution < -0.4 is 0 Å². The van der Waals surface area contributed by atoms with Gasteiger partial charge in [0.25, 0.3) is 0 Å². The van der Waals surface area contributed by atoms with Crippen molar-refractivity contribution in [1.82, 2.24) is 15.0 Å². The third kappa shape index (κ3) is 4.65. The molecule has 0 fully saturated rings. The lowest BCUT2D eigenvalue weighted by Gasteiger charge is -2.09. The lowest BCUT2D eigenvalue weighted by molar-refractivity contribution is 1.08. The third-order valence-corrected chi connectivity index (χ3v) is 13.3. The summed E-state index contributed by atoms with van der Waals surface area (Å²) in [5.41, 5.74) is 5.47. The van der Waals surface area contributed by atoms with Crippen molar-refractivity contribution in [2.75, 3.05) is 0 Å². The van der Waals surface area contributed by atoms with E-state index < -0.39 is 0 Å². The van der Waals surface area contributed by atoms with Gasteiger partial charge in [-0.1, -0.05) is 103 Å². The molecule has 0 saturated carbocycles. The summed E-state index contributed by atoms with van der Waals surface area (Å²) in [4.78, 5) is 15.4. The van der Waals surface area contributed by atoms with E-state index in [1.54, 1.807) is 11.3 Å². The number of thiophene rings is 3. The molecule has 0 atom stereocenters. The van der Waals surface area contributed by atoms with Gasteiger partial charge in [0.05, 0.1) is 0 Å². The first kappa shape index (κ1) is 29.0. The summed E-state index contributed by atoms with van der Waals surface area (Å²) >= 11 is 5.50. The molecule has 0 aliphatic heterocycles. The largest absolute Gasteiger partial charge is 0.208 e. The molecule has 0 saturated heterocycles. The fourth-order valence-electron chi connectivity index (χ4n) is 7.32. The standard InChI is InChI=1S/C45H25N3S3/c1-2-10-26(11-3-1)43-46-44(28-21-23-39-35(25-28)31-13-5-6-18-37(31)49-39)48-45(47-43)34-17-9-16-33-36-24-27(20-22-40(36)51-42(33)34)29-14-8-15-32-30-12-4-7-19-38(30)50-41(29)32/h1-25H. The number of fused-ring (bicyclic) bond motifs is 9. The highest BCUT2D eigenvalue weighted by Crippen LogP contribution is 2.44. The molecule has 0 radical (unpaired) electrons. The van der Waals surface area contributed by atoms with Gasteiger partial charge in [-0.25, -0.2) is 15.0 Å². The molecule has 11 aromatic rings. The topological polar surface area (TPSA) is 38.7 Å². The Bertz CT molecular complexity index is 3150. The summed E-state index contributed by atoms with van der Waals surface area (Å²) in [6, 6.07) is 54.2. The van der Waals surface area contributed by atoms with E-state index in [4.69, 9.17) is 15.0 Å². The molecule has 11 rings (SSSR count). The average molecular weight is 704 g/mol. The van der Waals surface area contributed by atoms with Gasteiger partial charge in [-0.3, -0.25) is 0 Å². The van der Waals surface area contributed by atoms with Crippen molar-refractivity contribution in [3.63, 3.8) is 0 Å². The monoisotopic (exact) mass is 703 g/mol. The van der Waals surface area contributed by atoms with Crippen LogP contribution in [0.4, 0.5) is 0 Å². The fourth-order valence-corrected chi connectivity index (χ4v) is 10.8. The van der Waals surface area contributed by atoms with Gasteiger partial charge in [-0.2, -0.15) is 0 Å². The second kappa shape index (κ2) is 11.4. The highest BCUT2D eigenvalue weighted by Gasteiger charge is 2.18. The van der Waals surface area contributed by atoms with Crippen molar-refractivity contribution in [3.05, 3.63) is 152 Å². The number of benzene rings is 7. The van der Waals surface area contributed by atoms with Gasteiger partial charge in [-0.15, -0.1) is 34.0 Å². The Kier molecular flexibility index (Phi) is 6.46. The summed E-state index contributed by atoms with van der Waals surface area (Å²) < 4.78 is 7.62. The number of aromatic nitrogens is 3. The molecule has 4 heterocycles. The first-order valence-electron chi connectivity index (χ1n) is 16.8. The summed E-state index contributed by atoms with van der Waals surface area (Å²) in [6.07, 6.45) is 0.